The Bertz CT molecular complexity index is 696. The number of aliphatic imine (C=N–C) groups is 1. The number of nitrogens with one attached hydrogen (secondary N) is 1. The first kappa shape index (κ1) is 11.2. The van der Waals surface area contributed by atoms with Crippen LogP contribution in [-0.2, 0) is 0 Å². The van der Waals surface area contributed by atoms with E-state index in [0.717, 1.165) is 21.2 Å². The van der Waals surface area contributed by atoms with Gasteiger partial charge in [0, 0.05) is 22.4 Å². The van der Waals surface area contributed by atoms with Crippen LogP contribution in [0.3, 0.4) is 0 Å². The fourth-order valence-electron chi connectivity index (χ4n) is 1.81. The molecule has 1 heterocycles. The van der Waals surface area contributed by atoms with Crippen molar-refractivity contribution in [3.8, 4) is 0 Å². The van der Waals surface area contributed by atoms with Gasteiger partial charge in [-0.1, -0.05) is 34.1 Å². The Hall–Kier alpha value is -1.87. The monoisotopic (exact) mass is 298 g/mol. The van der Waals surface area contributed by atoms with Crippen molar-refractivity contribution in [2.45, 2.75) is 0 Å². The Morgan fingerprint density at radius 1 is 1.00 bits per heavy atom. The van der Waals surface area contributed by atoms with Gasteiger partial charge < -0.3 is 4.98 Å². The van der Waals surface area contributed by atoms with Crippen LogP contribution in [-0.4, -0.2) is 11.2 Å². The Kier molecular flexibility index (Phi) is 2.99. The van der Waals surface area contributed by atoms with Crippen LogP contribution >= 0.6 is 15.9 Å². The van der Waals surface area contributed by atoms with Gasteiger partial charge in [0.15, 0.2) is 0 Å². The lowest BCUT2D eigenvalue weighted by Gasteiger charge is -1.96. The SMILES string of the molecule is Brc1ccc(C=Nc2ccc3cc[nH]c3c2)cc1. The van der Waals surface area contributed by atoms with Gasteiger partial charge in [0.1, 0.15) is 0 Å². The highest BCUT2D eigenvalue weighted by molar-refractivity contribution is 9.10. The first-order chi connectivity index (χ1) is 8.81. The number of benzene rings is 2. The van der Waals surface area contributed by atoms with Crippen LogP contribution in [0.2, 0.25) is 0 Å². The number of H-pyrrole nitrogens is 1. The second-order valence-corrected chi connectivity index (χ2v) is 4.97. The number of aromatic amines is 1. The normalized spacial score (nSPS) is 11.4. The fourth-order valence-corrected chi connectivity index (χ4v) is 2.08. The van der Waals surface area contributed by atoms with Gasteiger partial charge in [0.2, 0.25) is 0 Å². The molecular weight excluding hydrogens is 288 g/mol. The third-order valence-corrected chi connectivity index (χ3v) is 3.30. The number of halogens is 1. The van der Waals surface area contributed by atoms with Crippen LogP contribution in [0, 0.1) is 0 Å². The van der Waals surface area contributed by atoms with E-state index in [4.69, 9.17) is 0 Å². The molecule has 1 N–H and O–H groups in total. The molecule has 0 radical (unpaired) electrons. The van der Waals surface area contributed by atoms with E-state index in [0.29, 0.717) is 0 Å². The molecule has 0 saturated heterocycles. The first-order valence-corrected chi connectivity index (χ1v) is 6.47. The number of hydrogen-bond acceptors (Lipinski definition) is 1. The lowest BCUT2D eigenvalue weighted by atomic mass is 10.2. The topological polar surface area (TPSA) is 28.1 Å². The van der Waals surface area contributed by atoms with Crippen molar-refractivity contribution < 1.29 is 0 Å². The second kappa shape index (κ2) is 4.78. The molecule has 0 spiro atoms. The molecule has 0 bridgehead atoms. The summed E-state index contributed by atoms with van der Waals surface area (Å²) in [5.41, 5.74) is 3.15. The van der Waals surface area contributed by atoms with Crippen molar-refractivity contribution in [1.82, 2.24) is 4.98 Å². The maximum absolute atomic E-state index is 4.48. The van der Waals surface area contributed by atoms with Crippen LogP contribution in [0.25, 0.3) is 10.9 Å². The molecule has 18 heavy (non-hydrogen) atoms. The summed E-state index contributed by atoms with van der Waals surface area (Å²) in [6.07, 6.45) is 3.81. The lowest BCUT2D eigenvalue weighted by molar-refractivity contribution is 1.46. The summed E-state index contributed by atoms with van der Waals surface area (Å²) in [5.74, 6) is 0. The van der Waals surface area contributed by atoms with E-state index in [1.807, 2.05) is 48.8 Å². The van der Waals surface area contributed by atoms with Gasteiger partial charge >= 0.3 is 0 Å². The zero-order chi connectivity index (χ0) is 12.4. The molecule has 1 aromatic heterocycles. The molecule has 0 fully saturated rings. The zero-order valence-electron chi connectivity index (χ0n) is 9.60. The van der Waals surface area contributed by atoms with Crippen LogP contribution in [0.4, 0.5) is 5.69 Å². The van der Waals surface area contributed by atoms with E-state index in [9.17, 15) is 0 Å². The van der Waals surface area contributed by atoms with Crippen molar-refractivity contribution in [2.75, 3.05) is 0 Å². The van der Waals surface area contributed by atoms with Crippen LogP contribution in [0.15, 0.2) is 64.2 Å². The molecule has 0 atom stereocenters. The standard InChI is InChI=1S/C15H11BrN2/c16-13-4-1-11(2-5-13)10-18-14-6-3-12-7-8-17-15(12)9-14/h1-10,17H. The molecule has 0 unspecified atom stereocenters. The van der Waals surface area contributed by atoms with Crippen molar-refractivity contribution in [2.24, 2.45) is 4.99 Å². The average molecular weight is 299 g/mol. The summed E-state index contributed by atoms with van der Waals surface area (Å²) in [5, 5.41) is 1.21. The maximum Gasteiger partial charge on any atom is 0.0650 e. The summed E-state index contributed by atoms with van der Waals surface area (Å²) in [7, 11) is 0. The Labute approximate surface area is 114 Å². The highest BCUT2D eigenvalue weighted by atomic mass is 79.9. The average Bonchev–Trinajstić information content (AvgIpc) is 2.85. The minimum Gasteiger partial charge on any atom is -0.361 e. The van der Waals surface area contributed by atoms with Gasteiger partial charge in [-0.25, -0.2) is 0 Å². The Morgan fingerprint density at radius 2 is 1.83 bits per heavy atom. The molecule has 2 aromatic carbocycles. The van der Waals surface area contributed by atoms with Gasteiger partial charge in [0.05, 0.1) is 5.69 Å². The summed E-state index contributed by atoms with van der Waals surface area (Å²) in [4.78, 5) is 7.66. The number of hydrogen-bond donors (Lipinski definition) is 1. The van der Waals surface area contributed by atoms with E-state index in [1.165, 1.54) is 5.39 Å². The van der Waals surface area contributed by atoms with Crippen LogP contribution < -0.4 is 0 Å². The predicted molar refractivity (Wildman–Crippen MR) is 79.7 cm³/mol. The van der Waals surface area contributed by atoms with E-state index in [1.54, 1.807) is 0 Å². The summed E-state index contributed by atoms with van der Waals surface area (Å²) >= 11 is 3.42. The van der Waals surface area contributed by atoms with Crippen molar-refractivity contribution in [3.63, 3.8) is 0 Å². The third kappa shape index (κ3) is 2.36. The highest BCUT2D eigenvalue weighted by Gasteiger charge is 1.95. The molecule has 0 amide bonds. The van der Waals surface area contributed by atoms with Crippen molar-refractivity contribution in [1.29, 1.82) is 0 Å². The Balaban J connectivity index is 1.88. The Morgan fingerprint density at radius 3 is 2.67 bits per heavy atom. The van der Waals surface area contributed by atoms with Gasteiger partial charge in [-0.2, -0.15) is 0 Å². The molecule has 88 valence electrons. The van der Waals surface area contributed by atoms with E-state index < -0.39 is 0 Å². The smallest absolute Gasteiger partial charge is 0.0650 e. The molecule has 2 nitrogen and oxygen atoms in total. The largest absolute Gasteiger partial charge is 0.361 e. The molecular formula is C15H11BrN2. The molecule has 0 aliphatic heterocycles. The highest BCUT2D eigenvalue weighted by Crippen LogP contribution is 2.20. The summed E-state index contributed by atoms with van der Waals surface area (Å²) in [6.45, 7) is 0. The molecule has 0 saturated carbocycles. The molecule has 0 aliphatic rings. The number of nitrogens with zero attached hydrogens (tertiary/aromatic N) is 1. The lowest BCUT2D eigenvalue weighted by Crippen LogP contribution is -1.79. The van der Waals surface area contributed by atoms with Gasteiger partial charge in [-0.3, -0.25) is 4.99 Å². The first-order valence-electron chi connectivity index (χ1n) is 5.68. The molecule has 3 heteroatoms. The zero-order valence-corrected chi connectivity index (χ0v) is 11.2. The fraction of sp³-hybridized carbons (Fsp3) is 0. The minimum absolute atomic E-state index is 0.952. The number of rotatable bonds is 2. The van der Waals surface area contributed by atoms with Gasteiger partial charge in [-0.05, 0) is 41.3 Å². The summed E-state index contributed by atoms with van der Waals surface area (Å²) in [6, 6.07) is 16.3. The van der Waals surface area contributed by atoms with E-state index in [2.05, 4.69) is 38.0 Å². The molecule has 3 rings (SSSR count). The number of aromatic nitrogens is 1. The number of fused-ring (bicyclic) bond motifs is 1. The molecule has 3 aromatic rings. The van der Waals surface area contributed by atoms with E-state index >= 15 is 0 Å². The van der Waals surface area contributed by atoms with Gasteiger partial charge in [0.25, 0.3) is 0 Å². The second-order valence-electron chi connectivity index (χ2n) is 4.06. The third-order valence-electron chi connectivity index (χ3n) is 2.77. The van der Waals surface area contributed by atoms with Crippen LogP contribution in [0.5, 0.6) is 0 Å². The van der Waals surface area contributed by atoms with Crippen molar-refractivity contribution >= 4 is 38.7 Å². The van der Waals surface area contributed by atoms with Gasteiger partial charge in [-0.15, -0.1) is 0 Å². The minimum atomic E-state index is 0.952. The maximum atomic E-state index is 4.48. The van der Waals surface area contributed by atoms with E-state index in [-0.39, 0.29) is 0 Å². The van der Waals surface area contributed by atoms with Crippen molar-refractivity contribution in [3.05, 3.63) is 64.8 Å². The predicted octanol–water partition coefficient (Wildman–Crippen LogP) is 4.68. The molecule has 0 aliphatic carbocycles. The van der Waals surface area contributed by atoms with Crippen LogP contribution in [0.1, 0.15) is 5.56 Å². The summed E-state index contributed by atoms with van der Waals surface area (Å²) < 4.78 is 1.08. The quantitative estimate of drug-likeness (QED) is 0.665.